The van der Waals surface area contributed by atoms with E-state index in [1.165, 1.54) is 26.2 Å². The van der Waals surface area contributed by atoms with Gasteiger partial charge in [-0.3, -0.25) is 0 Å². The van der Waals surface area contributed by atoms with Crippen LogP contribution in [-0.2, 0) is 0 Å². The predicted molar refractivity (Wildman–Crippen MR) is 52.0 cm³/mol. The average molecular weight is 176 g/mol. The second-order valence-corrected chi connectivity index (χ2v) is 4.37. The summed E-state index contributed by atoms with van der Waals surface area (Å²) >= 11 is 0. The normalized spacial score (nSPS) is 12.0. The summed E-state index contributed by atoms with van der Waals surface area (Å²) < 4.78 is 0. The summed E-state index contributed by atoms with van der Waals surface area (Å²) in [5.74, 6) is 0. The Morgan fingerprint density at radius 2 is 0.917 bits per heavy atom. The van der Waals surface area contributed by atoms with Crippen LogP contribution in [0.25, 0.3) is 0 Å². The molecule has 0 heterocycles. The average Bonchev–Trinajstić information content (AvgIpc) is 1.96. The van der Waals surface area contributed by atoms with Crippen molar-refractivity contribution < 1.29 is 14.7 Å². The van der Waals surface area contributed by atoms with E-state index in [4.69, 9.17) is 0 Å². The molecule has 3 N–H and O–H groups in total. The van der Waals surface area contributed by atoms with Crippen molar-refractivity contribution >= 4 is 0 Å². The highest BCUT2D eigenvalue weighted by Gasteiger charge is 2.05. The van der Waals surface area contributed by atoms with Crippen molar-refractivity contribution in [1.82, 2.24) is 0 Å². The monoisotopic (exact) mass is 176 g/mol. The molecular weight excluding hydrogens is 150 g/mol. The van der Waals surface area contributed by atoms with Crippen molar-refractivity contribution in [2.24, 2.45) is 0 Å². The highest BCUT2D eigenvalue weighted by molar-refractivity contribution is 4.22. The van der Waals surface area contributed by atoms with E-state index < -0.39 is 0 Å². The van der Waals surface area contributed by atoms with Crippen LogP contribution in [0.15, 0.2) is 0 Å². The molecule has 74 valence electrons. The van der Waals surface area contributed by atoms with Crippen LogP contribution in [-0.4, -0.2) is 61.4 Å². The molecule has 12 heavy (non-hydrogen) atoms. The molecule has 0 aromatic rings. The molecule has 0 spiro atoms. The fourth-order valence-electron chi connectivity index (χ4n) is 1.05. The van der Waals surface area contributed by atoms with Crippen LogP contribution in [0, 0.1) is 0 Å². The van der Waals surface area contributed by atoms with Crippen molar-refractivity contribution in [2.45, 2.75) is 0 Å². The lowest BCUT2D eigenvalue weighted by Gasteiger charge is -2.16. The topological polar surface area (TPSA) is 13.3 Å². The standard InChI is InChI=1S/C9H23N3/c1-10(2)6-8-12(5)9-7-11(3)4/h6-9H2,1-5H3/p+3. The first-order valence-corrected chi connectivity index (χ1v) is 4.91. The van der Waals surface area contributed by atoms with Gasteiger partial charge in [0.1, 0.15) is 26.2 Å². The largest absolute Gasteiger partial charge is 0.335 e. The summed E-state index contributed by atoms with van der Waals surface area (Å²) in [5.41, 5.74) is 0. The molecule has 0 atom stereocenters. The molecule has 0 saturated heterocycles. The maximum atomic E-state index is 2.28. The van der Waals surface area contributed by atoms with E-state index >= 15 is 0 Å². The van der Waals surface area contributed by atoms with Crippen LogP contribution in [0.5, 0.6) is 0 Å². The van der Waals surface area contributed by atoms with Crippen molar-refractivity contribution in [3.05, 3.63) is 0 Å². The van der Waals surface area contributed by atoms with Crippen LogP contribution in [0.3, 0.4) is 0 Å². The van der Waals surface area contributed by atoms with Crippen molar-refractivity contribution in [2.75, 3.05) is 61.4 Å². The first kappa shape index (κ1) is 11.9. The van der Waals surface area contributed by atoms with E-state index in [1.807, 2.05) is 0 Å². The van der Waals surface area contributed by atoms with Crippen molar-refractivity contribution in [3.8, 4) is 0 Å². The molecule has 0 fully saturated rings. The second-order valence-electron chi connectivity index (χ2n) is 4.37. The Morgan fingerprint density at radius 1 is 0.583 bits per heavy atom. The van der Waals surface area contributed by atoms with E-state index in [0.29, 0.717) is 0 Å². The van der Waals surface area contributed by atoms with E-state index in [9.17, 15) is 0 Å². The zero-order chi connectivity index (χ0) is 9.56. The third-order valence-electron chi connectivity index (χ3n) is 2.10. The minimum atomic E-state index is 1.27. The molecule has 0 saturated carbocycles. The van der Waals surface area contributed by atoms with Gasteiger partial charge < -0.3 is 14.7 Å². The van der Waals surface area contributed by atoms with Crippen LogP contribution in [0.4, 0.5) is 0 Å². The zero-order valence-corrected chi connectivity index (χ0v) is 9.33. The van der Waals surface area contributed by atoms with Gasteiger partial charge in [0.2, 0.25) is 0 Å². The van der Waals surface area contributed by atoms with E-state index in [1.54, 1.807) is 14.7 Å². The fraction of sp³-hybridized carbons (Fsp3) is 1.00. The third-order valence-corrected chi connectivity index (χ3v) is 2.10. The molecule has 0 unspecified atom stereocenters. The minimum Gasteiger partial charge on any atom is -0.335 e. The maximum Gasteiger partial charge on any atom is 0.127 e. The number of quaternary nitrogens is 3. The number of rotatable bonds is 6. The molecule has 0 aromatic heterocycles. The Hall–Kier alpha value is -0.120. The van der Waals surface area contributed by atoms with Gasteiger partial charge in [-0.15, -0.1) is 0 Å². The summed E-state index contributed by atoms with van der Waals surface area (Å²) in [7, 11) is 11.1. The molecule has 0 rings (SSSR count). The zero-order valence-electron chi connectivity index (χ0n) is 9.33. The van der Waals surface area contributed by atoms with Gasteiger partial charge in [-0.1, -0.05) is 0 Å². The summed E-state index contributed by atoms with van der Waals surface area (Å²) in [6.45, 7) is 5.12. The third kappa shape index (κ3) is 7.98. The first-order chi connectivity index (χ1) is 5.52. The quantitative estimate of drug-likeness (QED) is 0.363. The maximum absolute atomic E-state index is 2.28. The first-order valence-electron chi connectivity index (χ1n) is 4.91. The summed E-state index contributed by atoms with van der Waals surface area (Å²) in [6.07, 6.45) is 0. The van der Waals surface area contributed by atoms with Gasteiger partial charge in [0.15, 0.2) is 0 Å². The Kier molecular flexibility index (Phi) is 6.34. The Balaban J connectivity index is 3.27. The van der Waals surface area contributed by atoms with Gasteiger partial charge in [0.05, 0.1) is 35.2 Å². The van der Waals surface area contributed by atoms with E-state index in [-0.39, 0.29) is 0 Å². The molecular formula is C9H26N3+3. The Bertz CT molecular complexity index is 89.9. The molecule has 3 heteroatoms. The van der Waals surface area contributed by atoms with Crippen molar-refractivity contribution in [1.29, 1.82) is 0 Å². The highest BCUT2D eigenvalue weighted by atomic mass is 15.2. The second kappa shape index (κ2) is 6.40. The SMILES string of the molecule is C[NH+](C)CC[NH+](C)CC[NH+](C)C. The van der Waals surface area contributed by atoms with Crippen LogP contribution in [0.1, 0.15) is 0 Å². The summed E-state index contributed by atoms with van der Waals surface area (Å²) in [5, 5.41) is 0. The summed E-state index contributed by atoms with van der Waals surface area (Å²) in [6, 6.07) is 0. The molecule has 0 radical (unpaired) electrons. The van der Waals surface area contributed by atoms with Gasteiger partial charge in [0.25, 0.3) is 0 Å². The van der Waals surface area contributed by atoms with Crippen LogP contribution in [0.2, 0.25) is 0 Å². The number of hydrogen-bond donors (Lipinski definition) is 3. The van der Waals surface area contributed by atoms with Crippen molar-refractivity contribution in [3.63, 3.8) is 0 Å². The lowest BCUT2D eigenvalue weighted by atomic mass is 10.4. The van der Waals surface area contributed by atoms with Gasteiger partial charge in [-0.05, 0) is 0 Å². The molecule has 0 aliphatic heterocycles. The van der Waals surface area contributed by atoms with Gasteiger partial charge in [-0.25, -0.2) is 0 Å². The fourth-order valence-corrected chi connectivity index (χ4v) is 1.05. The van der Waals surface area contributed by atoms with Gasteiger partial charge >= 0.3 is 0 Å². The van der Waals surface area contributed by atoms with Gasteiger partial charge in [-0.2, -0.15) is 0 Å². The Morgan fingerprint density at radius 3 is 1.17 bits per heavy atom. The molecule has 3 nitrogen and oxygen atoms in total. The number of likely N-dealkylation sites (N-methyl/N-ethyl adjacent to an activating group) is 3. The molecule has 0 amide bonds. The smallest absolute Gasteiger partial charge is 0.127 e. The molecule has 0 aliphatic rings. The predicted octanol–water partition coefficient (Wildman–Crippen LogP) is -4.21. The van der Waals surface area contributed by atoms with Crippen LogP contribution >= 0.6 is 0 Å². The highest BCUT2D eigenvalue weighted by Crippen LogP contribution is 1.41. The van der Waals surface area contributed by atoms with E-state index in [2.05, 4.69) is 35.2 Å². The molecule has 0 aromatic carbocycles. The lowest BCUT2D eigenvalue weighted by molar-refractivity contribution is -0.952. The number of nitrogens with one attached hydrogen (secondary N) is 3. The summed E-state index contributed by atoms with van der Waals surface area (Å²) in [4.78, 5) is 4.75. The number of hydrogen-bond acceptors (Lipinski definition) is 0. The van der Waals surface area contributed by atoms with E-state index in [0.717, 1.165) is 0 Å². The lowest BCUT2D eigenvalue weighted by Crippen LogP contribution is -3.19. The van der Waals surface area contributed by atoms with Crippen LogP contribution < -0.4 is 14.7 Å². The Labute approximate surface area is 76.9 Å². The van der Waals surface area contributed by atoms with Gasteiger partial charge in [0, 0.05) is 0 Å². The molecule has 0 bridgehead atoms. The minimum absolute atomic E-state index is 1.27. The molecule has 0 aliphatic carbocycles.